The van der Waals surface area contributed by atoms with E-state index in [4.69, 9.17) is 0 Å². The van der Waals surface area contributed by atoms with Crippen LogP contribution >= 0.6 is 0 Å². The molecule has 94 valence electrons. The molecule has 1 fully saturated rings. The van der Waals surface area contributed by atoms with Crippen LogP contribution in [0.3, 0.4) is 0 Å². The van der Waals surface area contributed by atoms with E-state index < -0.39 is 0 Å². The zero-order valence-electron chi connectivity index (χ0n) is 11.4. The van der Waals surface area contributed by atoms with Crippen LogP contribution in [-0.2, 0) is 0 Å². The lowest BCUT2D eigenvalue weighted by Crippen LogP contribution is -2.25. The highest BCUT2D eigenvalue weighted by molar-refractivity contribution is 5.47. The molecule has 0 heterocycles. The van der Waals surface area contributed by atoms with Gasteiger partial charge in [-0.15, -0.1) is 0 Å². The highest BCUT2D eigenvalue weighted by Gasteiger charge is 2.17. The van der Waals surface area contributed by atoms with Crippen LogP contribution in [0.25, 0.3) is 0 Å². The van der Waals surface area contributed by atoms with Crippen LogP contribution in [0.2, 0.25) is 0 Å². The summed E-state index contributed by atoms with van der Waals surface area (Å²) in [5, 5.41) is 3.70. The molecule has 1 aromatic rings. The van der Waals surface area contributed by atoms with E-state index in [-0.39, 0.29) is 0 Å². The molecule has 1 aromatic carbocycles. The molecule has 1 aliphatic carbocycles. The predicted octanol–water partition coefficient (Wildman–Crippen LogP) is 4.80. The lowest BCUT2D eigenvalue weighted by Gasteiger charge is -2.28. The van der Waals surface area contributed by atoms with Crippen LogP contribution < -0.4 is 5.32 Å². The van der Waals surface area contributed by atoms with Crippen molar-refractivity contribution in [2.24, 2.45) is 5.92 Å². The summed E-state index contributed by atoms with van der Waals surface area (Å²) in [4.78, 5) is 0. The smallest absolute Gasteiger partial charge is 0.0345 e. The molecular formula is C16H25N. The predicted molar refractivity (Wildman–Crippen MR) is 75.6 cm³/mol. The largest absolute Gasteiger partial charge is 0.382 e. The molecule has 0 aliphatic heterocycles. The lowest BCUT2D eigenvalue weighted by molar-refractivity contribution is 0.361. The van der Waals surface area contributed by atoms with Crippen molar-refractivity contribution in [3.05, 3.63) is 29.8 Å². The van der Waals surface area contributed by atoms with Gasteiger partial charge in [-0.05, 0) is 55.2 Å². The van der Waals surface area contributed by atoms with Crippen LogP contribution in [-0.4, -0.2) is 6.04 Å². The lowest BCUT2D eigenvalue weighted by atomic mass is 9.87. The van der Waals surface area contributed by atoms with Gasteiger partial charge in [-0.1, -0.05) is 32.9 Å². The summed E-state index contributed by atoms with van der Waals surface area (Å²) in [6.07, 6.45) is 5.41. The van der Waals surface area contributed by atoms with Crippen molar-refractivity contribution in [2.45, 2.75) is 58.4 Å². The Balaban J connectivity index is 1.96. The summed E-state index contributed by atoms with van der Waals surface area (Å²) in [5.74, 6) is 1.54. The Labute approximate surface area is 106 Å². The van der Waals surface area contributed by atoms with Gasteiger partial charge >= 0.3 is 0 Å². The van der Waals surface area contributed by atoms with Gasteiger partial charge < -0.3 is 5.32 Å². The Kier molecular flexibility index (Phi) is 4.09. The van der Waals surface area contributed by atoms with E-state index in [2.05, 4.69) is 50.4 Å². The number of benzene rings is 1. The third-order valence-electron chi connectivity index (χ3n) is 3.94. The highest BCUT2D eigenvalue weighted by atomic mass is 14.9. The van der Waals surface area contributed by atoms with Crippen molar-refractivity contribution in [1.29, 1.82) is 0 Å². The minimum Gasteiger partial charge on any atom is -0.382 e. The molecule has 0 atom stereocenters. The second kappa shape index (κ2) is 5.57. The second-order valence-corrected chi connectivity index (χ2v) is 5.88. The van der Waals surface area contributed by atoms with Gasteiger partial charge in [0, 0.05) is 11.7 Å². The number of rotatable bonds is 3. The maximum absolute atomic E-state index is 3.70. The summed E-state index contributed by atoms with van der Waals surface area (Å²) in [6.45, 7) is 6.87. The maximum Gasteiger partial charge on any atom is 0.0345 e. The Bertz CT molecular complexity index is 348. The van der Waals surface area contributed by atoms with Gasteiger partial charge in [0.2, 0.25) is 0 Å². The van der Waals surface area contributed by atoms with Gasteiger partial charge in [0.25, 0.3) is 0 Å². The molecule has 2 rings (SSSR count). The van der Waals surface area contributed by atoms with Crippen molar-refractivity contribution in [2.75, 3.05) is 5.32 Å². The van der Waals surface area contributed by atoms with E-state index in [1.807, 2.05) is 0 Å². The van der Waals surface area contributed by atoms with Crippen LogP contribution in [0.5, 0.6) is 0 Å². The first-order valence-electron chi connectivity index (χ1n) is 7.01. The third kappa shape index (κ3) is 3.49. The van der Waals surface area contributed by atoms with Crippen molar-refractivity contribution in [1.82, 2.24) is 0 Å². The maximum atomic E-state index is 3.70. The molecule has 0 radical (unpaired) electrons. The molecule has 0 spiro atoms. The zero-order chi connectivity index (χ0) is 12.3. The highest BCUT2D eigenvalue weighted by Crippen LogP contribution is 2.27. The van der Waals surface area contributed by atoms with Crippen LogP contribution in [0, 0.1) is 5.92 Å². The van der Waals surface area contributed by atoms with Crippen molar-refractivity contribution >= 4 is 5.69 Å². The number of nitrogens with one attached hydrogen (secondary N) is 1. The van der Waals surface area contributed by atoms with Crippen LogP contribution in [0.4, 0.5) is 5.69 Å². The third-order valence-corrected chi connectivity index (χ3v) is 3.94. The van der Waals surface area contributed by atoms with Crippen molar-refractivity contribution < 1.29 is 0 Å². The van der Waals surface area contributed by atoms with Gasteiger partial charge in [0.15, 0.2) is 0 Å². The molecule has 1 N–H and O–H groups in total. The fourth-order valence-corrected chi connectivity index (χ4v) is 2.63. The Morgan fingerprint density at radius 1 is 1.12 bits per heavy atom. The summed E-state index contributed by atoms with van der Waals surface area (Å²) in [7, 11) is 0. The van der Waals surface area contributed by atoms with Gasteiger partial charge in [0.1, 0.15) is 0 Å². The Morgan fingerprint density at radius 3 is 2.47 bits per heavy atom. The minimum atomic E-state index is 0.614. The zero-order valence-corrected chi connectivity index (χ0v) is 11.4. The molecule has 1 saturated carbocycles. The van der Waals surface area contributed by atoms with E-state index in [1.165, 1.54) is 36.9 Å². The molecule has 0 bridgehead atoms. The molecule has 17 heavy (non-hydrogen) atoms. The van der Waals surface area contributed by atoms with E-state index in [0.29, 0.717) is 12.0 Å². The average Bonchev–Trinajstić information content (AvgIpc) is 2.32. The van der Waals surface area contributed by atoms with Crippen LogP contribution in [0.1, 0.15) is 57.9 Å². The minimum absolute atomic E-state index is 0.614. The summed E-state index contributed by atoms with van der Waals surface area (Å²) >= 11 is 0. The monoisotopic (exact) mass is 231 g/mol. The van der Waals surface area contributed by atoms with Crippen molar-refractivity contribution in [3.63, 3.8) is 0 Å². The second-order valence-electron chi connectivity index (χ2n) is 5.88. The SMILES string of the molecule is CC1CCC(Nc2cccc(C(C)C)c2)CC1. The fraction of sp³-hybridized carbons (Fsp3) is 0.625. The van der Waals surface area contributed by atoms with E-state index in [9.17, 15) is 0 Å². The molecule has 0 unspecified atom stereocenters. The Morgan fingerprint density at radius 2 is 1.82 bits per heavy atom. The molecule has 0 saturated heterocycles. The number of anilines is 1. The van der Waals surface area contributed by atoms with Gasteiger partial charge in [0.05, 0.1) is 0 Å². The van der Waals surface area contributed by atoms with E-state index in [0.717, 1.165) is 5.92 Å². The average molecular weight is 231 g/mol. The summed E-state index contributed by atoms with van der Waals surface area (Å²) in [6, 6.07) is 9.59. The molecule has 1 nitrogen and oxygen atoms in total. The quantitative estimate of drug-likeness (QED) is 0.788. The fourth-order valence-electron chi connectivity index (χ4n) is 2.63. The first-order chi connectivity index (χ1) is 8.15. The summed E-state index contributed by atoms with van der Waals surface area (Å²) in [5.41, 5.74) is 2.73. The number of hydrogen-bond donors (Lipinski definition) is 1. The number of hydrogen-bond acceptors (Lipinski definition) is 1. The molecular weight excluding hydrogens is 206 g/mol. The van der Waals surface area contributed by atoms with E-state index >= 15 is 0 Å². The first kappa shape index (κ1) is 12.5. The van der Waals surface area contributed by atoms with Gasteiger partial charge in [-0.3, -0.25) is 0 Å². The summed E-state index contributed by atoms with van der Waals surface area (Å²) < 4.78 is 0. The van der Waals surface area contributed by atoms with E-state index in [1.54, 1.807) is 0 Å². The molecule has 1 aliphatic rings. The topological polar surface area (TPSA) is 12.0 Å². The van der Waals surface area contributed by atoms with Crippen LogP contribution in [0.15, 0.2) is 24.3 Å². The normalized spacial score (nSPS) is 24.9. The molecule has 0 aromatic heterocycles. The standard InChI is InChI=1S/C16H25N/c1-12(2)14-5-4-6-16(11-14)17-15-9-7-13(3)8-10-15/h4-6,11-13,15,17H,7-10H2,1-3H3. The molecule has 0 amide bonds. The molecule has 1 heteroatoms. The van der Waals surface area contributed by atoms with Crippen molar-refractivity contribution in [3.8, 4) is 0 Å². The first-order valence-corrected chi connectivity index (χ1v) is 7.01. The van der Waals surface area contributed by atoms with Gasteiger partial charge in [-0.25, -0.2) is 0 Å². The van der Waals surface area contributed by atoms with Gasteiger partial charge in [-0.2, -0.15) is 0 Å². The Hall–Kier alpha value is -0.980.